The van der Waals surface area contributed by atoms with Crippen LogP contribution < -0.4 is 5.32 Å². The number of benzene rings is 1. The highest BCUT2D eigenvalue weighted by atomic mass is 79.9. The predicted octanol–water partition coefficient (Wildman–Crippen LogP) is 3.91. The van der Waals surface area contributed by atoms with Crippen molar-refractivity contribution in [1.29, 1.82) is 0 Å². The molecule has 1 aromatic carbocycles. The van der Waals surface area contributed by atoms with Crippen LogP contribution in [0.5, 0.6) is 0 Å². The number of furan rings is 1. The number of anilines is 1. The van der Waals surface area contributed by atoms with Gasteiger partial charge in [0, 0.05) is 10.2 Å². The minimum absolute atomic E-state index is 0.151. The van der Waals surface area contributed by atoms with Crippen LogP contribution in [-0.2, 0) is 0 Å². The van der Waals surface area contributed by atoms with Crippen LogP contribution in [0.25, 0.3) is 0 Å². The Labute approximate surface area is 108 Å². The van der Waals surface area contributed by atoms with Crippen molar-refractivity contribution >= 4 is 27.5 Å². The van der Waals surface area contributed by atoms with E-state index >= 15 is 0 Å². The molecule has 0 saturated heterocycles. The van der Waals surface area contributed by atoms with E-state index in [1.807, 2.05) is 25.1 Å². The second-order valence-corrected chi connectivity index (χ2v) is 4.72. The van der Waals surface area contributed by atoms with Gasteiger partial charge in [-0.15, -0.1) is 0 Å². The summed E-state index contributed by atoms with van der Waals surface area (Å²) in [6.07, 6.45) is 1.51. The van der Waals surface area contributed by atoms with Crippen molar-refractivity contribution in [2.75, 3.05) is 5.32 Å². The first-order chi connectivity index (χ1) is 8.08. The maximum absolute atomic E-state index is 12.0. The highest BCUT2D eigenvalue weighted by molar-refractivity contribution is 9.10. The summed E-state index contributed by atoms with van der Waals surface area (Å²) >= 11 is 3.39. The molecule has 1 N–H and O–H groups in total. The van der Waals surface area contributed by atoms with Crippen LogP contribution in [0.3, 0.4) is 0 Å². The largest absolute Gasteiger partial charge is 0.469 e. The fourth-order valence-corrected chi connectivity index (χ4v) is 2.05. The molecule has 1 aromatic heterocycles. The summed E-state index contributed by atoms with van der Waals surface area (Å²) in [4.78, 5) is 12.0. The number of carbonyl (C=O) groups excluding carboxylic acids is 1. The first-order valence-electron chi connectivity index (χ1n) is 5.19. The van der Waals surface area contributed by atoms with E-state index in [-0.39, 0.29) is 5.91 Å². The first-order valence-corrected chi connectivity index (χ1v) is 5.99. The number of rotatable bonds is 2. The van der Waals surface area contributed by atoms with Crippen LogP contribution in [0.4, 0.5) is 5.69 Å². The van der Waals surface area contributed by atoms with E-state index in [4.69, 9.17) is 4.42 Å². The molecular weight excluding hydrogens is 282 g/mol. The Bertz CT molecular complexity index is 560. The normalized spacial score (nSPS) is 10.3. The molecule has 0 atom stereocenters. The molecule has 0 radical (unpaired) electrons. The standard InChI is InChI=1S/C13H12BrNO2/c1-8-7-10(14)3-4-12(8)15-13(16)11-5-6-17-9(11)2/h3-7H,1-2H3,(H,15,16). The number of nitrogens with one attached hydrogen (secondary N) is 1. The molecule has 1 amide bonds. The van der Waals surface area contributed by atoms with Crippen molar-refractivity contribution in [3.63, 3.8) is 0 Å². The third-order valence-corrected chi connectivity index (χ3v) is 3.03. The van der Waals surface area contributed by atoms with Crippen LogP contribution in [0.1, 0.15) is 21.7 Å². The van der Waals surface area contributed by atoms with Gasteiger partial charge in [0.2, 0.25) is 0 Å². The molecule has 17 heavy (non-hydrogen) atoms. The quantitative estimate of drug-likeness (QED) is 0.912. The average molecular weight is 294 g/mol. The number of aryl methyl sites for hydroxylation is 2. The lowest BCUT2D eigenvalue weighted by Crippen LogP contribution is -2.12. The lowest BCUT2D eigenvalue weighted by molar-refractivity contribution is 0.102. The Morgan fingerprint density at radius 1 is 1.29 bits per heavy atom. The van der Waals surface area contributed by atoms with E-state index in [0.29, 0.717) is 11.3 Å². The molecule has 4 heteroatoms. The van der Waals surface area contributed by atoms with Gasteiger partial charge < -0.3 is 9.73 Å². The highest BCUT2D eigenvalue weighted by Crippen LogP contribution is 2.21. The van der Waals surface area contributed by atoms with Gasteiger partial charge in [-0.2, -0.15) is 0 Å². The fraction of sp³-hybridized carbons (Fsp3) is 0.154. The number of hydrogen-bond donors (Lipinski definition) is 1. The Morgan fingerprint density at radius 3 is 2.65 bits per heavy atom. The van der Waals surface area contributed by atoms with E-state index in [2.05, 4.69) is 21.2 Å². The van der Waals surface area contributed by atoms with Gasteiger partial charge in [0.25, 0.3) is 5.91 Å². The van der Waals surface area contributed by atoms with Gasteiger partial charge in [0.1, 0.15) is 5.76 Å². The Hall–Kier alpha value is -1.55. The monoisotopic (exact) mass is 293 g/mol. The molecule has 0 saturated carbocycles. The zero-order chi connectivity index (χ0) is 12.4. The Balaban J connectivity index is 2.22. The number of hydrogen-bond acceptors (Lipinski definition) is 2. The SMILES string of the molecule is Cc1cc(Br)ccc1NC(=O)c1ccoc1C. The molecular formula is C13H12BrNO2. The van der Waals surface area contributed by atoms with Gasteiger partial charge in [-0.1, -0.05) is 15.9 Å². The molecule has 0 bridgehead atoms. The molecule has 2 aromatic rings. The first kappa shape index (κ1) is 11.9. The predicted molar refractivity (Wildman–Crippen MR) is 70.3 cm³/mol. The molecule has 0 unspecified atom stereocenters. The summed E-state index contributed by atoms with van der Waals surface area (Å²) < 4.78 is 6.10. The smallest absolute Gasteiger partial charge is 0.259 e. The van der Waals surface area contributed by atoms with E-state index in [1.54, 1.807) is 13.0 Å². The van der Waals surface area contributed by atoms with Crippen molar-refractivity contribution in [3.05, 3.63) is 51.9 Å². The van der Waals surface area contributed by atoms with Crippen LogP contribution in [0.2, 0.25) is 0 Å². The van der Waals surface area contributed by atoms with E-state index in [0.717, 1.165) is 15.7 Å². The number of amides is 1. The molecule has 88 valence electrons. The molecule has 3 nitrogen and oxygen atoms in total. The van der Waals surface area contributed by atoms with Crippen molar-refractivity contribution in [1.82, 2.24) is 0 Å². The minimum atomic E-state index is -0.151. The van der Waals surface area contributed by atoms with Crippen LogP contribution >= 0.6 is 15.9 Å². The molecule has 0 fully saturated rings. The van der Waals surface area contributed by atoms with Gasteiger partial charge in [0.15, 0.2) is 0 Å². The summed E-state index contributed by atoms with van der Waals surface area (Å²) in [5.74, 6) is 0.471. The van der Waals surface area contributed by atoms with Crippen molar-refractivity contribution in [3.8, 4) is 0 Å². The lowest BCUT2D eigenvalue weighted by Gasteiger charge is -2.08. The lowest BCUT2D eigenvalue weighted by atomic mass is 10.2. The zero-order valence-corrected chi connectivity index (χ0v) is 11.2. The summed E-state index contributed by atoms with van der Waals surface area (Å²) in [6, 6.07) is 7.38. The maximum Gasteiger partial charge on any atom is 0.259 e. The van der Waals surface area contributed by atoms with Crippen molar-refractivity contribution < 1.29 is 9.21 Å². The van der Waals surface area contributed by atoms with Gasteiger partial charge >= 0.3 is 0 Å². The number of carbonyl (C=O) groups is 1. The second-order valence-electron chi connectivity index (χ2n) is 3.80. The molecule has 0 aliphatic carbocycles. The fourth-order valence-electron chi connectivity index (χ4n) is 1.58. The van der Waals surface area contributed by atoms with Crippen molar-refractivity contribution in [2.24, 2.45) is 0 Å². The van der Waals surface area contributed by atoms with Gasteiger partial charge in [-0.05, 0) is 43.7 Å². The van der Waals surface area contributed by atoms with E-state index in [9.17, 15) is 4.79 Å². The van der Waals surface area contributed by atoms with Crippen molar-refractivity contribution in [2.45, 2.75) is 13.8 Å². The summed E-state index contributed by atoms with van der Waals surface area (Å²) in [5.41, 5.74) is 2.37. The Morgan fingerprint density at radius 2 is 2.06 bits per heavy atom. The summed E-state index contributed by atoms with van der Waals surface area (Å²) in [6.45, 7) is 3.71. The molecule has 0 spiro atoms. The maximum atomic E-state index is 12.0. The number of halogens is 1. The molecule has 1 heterocycles. The van der Waals surface area contributed by atoms with Crippen LogP contribution in [0, 0.1) is 13.8 Å². The zero-order valence-electron chi connectivity index (χ0n) is 9.58. The second kappa shape index (κ2) is 4.75. The molecule has 0 aliphatic heterocycles. The topological polar surface area (TPSA) is 42.2 Å². The Kier molecular flexibility index (Phi) is 3.33. The average Bonchev–Trinajstić information content (AvgIpc) is 2.68. The van der Waals surface area contributed by atoms with E-state index in [1.165, 1.54) is 6.26 Å². The summed E-state index contributed by atoms with van der Waals surface area (Å²) in [5, 5.41) is 2.86. The molecule has 2 rings (SSSR count). The van der Waals surface area contributed by atoms with Crippen LogP contribution in [0.15, 0.2) is 39.4 Å². The minimum Gasteiger partial charge on any atom is -0.469 e. The van der Waals surface area contributed by atoms with Gasteiger partial charge in [-0.3, -0.25) is 4.79 Å². The van der Waals surface area contributed by atoms with Gasteiger partial charge in [0.05, 0.1) is 11.8 Å². The third-order valence-electron chi connectivity index (χ3n) is 2.54. The molecule has 0 aliphatic rings. The van der Waals surface area contributed by atoms with E-state index < -0.39 is 0 Å². The highest BCUT2D eigenvalue weighted by Gasteiger charge is 2.12. The van der Waals surface area contributed by atoms with Crippen LogP contribution in [-0.4, -0.2) is 5.91 Å². The van der Waals surface area contributed by atoms with Gasteiger partial charge in [-0.25, -0.2) is 0 Å². The third kappa shape index (κ3) is 2.58. The summed E-state index contributed by atoms with van der Waals surface area (Å²) in [7, 11) is 0.